The maximum absolute atomic E-state index is 11.8. The van der Waals surface area contributed by atoms with Crippen molar-refractivity contribution in [2.45, 2.75) is 19.9 Å². The number of nitrogens with one attached hydrogen (secondary N) is 3. The van der Waals surface area contributed by atoms with Crippen LogP contribution in [0.15, 0.2) is 36.7 Å². The Kier molecular flexibility index (Phi) is 5.56. The van der Waals surface area contributed by atoms with Gasteiger partial charge in [0.25, 0.3) is 5.91 Å². The Bertz CT molecular complexity index is 648. The van der Waals surface area contributed by atoms with Gasteiger partial charge in [-0.15, -0.1) is 0 Å². The quantitative estimate of drug-likeness (QED) is 0.571. The third-order valence-corrected chi connectivity index (χ3v) is 2.74. The highest BCUT2D eigenvalue weighted by Crippen LogP contribution is 2.22. The zero-order valence-electron chi connectivity index (χ0n) is 13.0. The molecule has 0 saturated heterocycles. The SMILES string of the molecule is CC(C)Nc1ncnc(NNC(=O)COc2ccccc2)c1N. The fraction of sp³-hybridized carbons (Fsp3) is 0.267. The van der Waals surface area contributed by atoms with Gasteiger partial charge in [-0.05, 0) is 26.0 Å². The van der Waals surface area contributed by atoms with Crippen LogP contribution in [0.3, 0.4) is 0 Å². The number of nitrogens with zero attached hydrogens (tertiary/aromatic N) is 2. The lowest BCUT2D eigenvalue weighted by Crippen LogP contribution is -2.34. The molecule has 1 amide bonds. The molecule has 5 N–H and O–H groups in total. The van der Waals surface area contributed by atoms with Gasteiger partial charge in [-0.25, -0.2) is 9.97 Å². The van der Waals surface area contributed by atoms with Crippen molar-refractivity contribution in [2.75, 3.05) is 23.1 Å². The molecule has 23 heavy (non-hydrogen) atoms. The van der Waals surface area contributed by atoms with Gasteiger partial charge < -0.3 is 15.8 Å². The number of carbonyl (C=O) groups excluding carboxylic acids is 1. The Morgan fingerprint density at radius 1 is 1.22 bits per heavy atom. The molecule has 1 aromatic carbocycles. The number of carbonyl (C=O) groups is 1. The molecule has 0 aliphatic rings. The molecule has 2 rings (SSSR count). The van der Waals surface area contributed by atoms with E-state index in [1.54, 1.807) is 12.1 Å². The van der Waals surface area contributed by atoms with Crippen molar-refractivity contribution in [2.24, 2.45) is 0 Å². The number of nitrogens with two attached hydrogens (primary N) is 1. The molecule has 8 heteroatoms. The van der Waals surface area contributed by atoms with Crippen LogP contribution < -0.4 is 26.6 Å². The van der Waals surface area contributed by atoms with Crippen LogP contribution in [0.2, 0.25) is 0 Å². The molecule has 0 saturated carbocycles. The van der Waals surface area contributed by atoms with Crippen LogP contribution in [0.1, 0.15) is 13.8 Å². The summed E-state index contributed by atoms with van der Waals surface area (Å²) in [4.78, 5) is 19.8. The molecule has 0 fully saturated rings. The lowest BCUT2D eigenvalue weighted by molar-refractivity contribution is -0.122. The molecule has 2 aromatic rings. The summed E-state index contributed by atoms with van der Waals surface area (Å²) in [5.41, 5.74) is 11.4. The summed E-state index contributed by atoms with van der Waals surface area (Å²) in [5.74, 6) is 1.08. The molecule has 1 aromatic heterocycles. The fourth-order valence-electron chi connectivity index (χ4n) is 1.71. The predicted octanol–water partition coefficient (Wildman–Crippen LogP) is 1.40. The summed E-state index contributed by atoms with van der Waals surface area (Å²) in [5, 5.41) is 3.09. The van der Waals surface area contributed by atoms with Gasteiger partial charge in [0.1, 0.15) is 17.8 Å². The first-order valence-corrected chi connectivity index (χ1v) is 7.16. The minimum Gasteiger partial charge on any atom is -0.484 e. The van der Waals surface area contributed by atoms with Crippen LogP contribution in [-0.4, -0.2) is 28.5 Å². The molecule has 0 atom stereocenters. The minimum absolute atomic E-state index is 0.126. The number of hydrogen-bond donors (Lipinski definition) is 4. The Hall–Kier alpha value is -3.03. The standard InChI is InChI=1S/C15H20N6O2/c1-10(2)19-14-13(16)15(18-9-17-14)21-20-12(22)8-23-11-6-4-3-5-7-11/h3-7,9-10H,8,16H2,1-2H3,(H,20,22)(H2,17,18,19,21). The van der Waals surface area contributed by atoms with Gasteiger partial charge in [0, 0.05) is 6.04 Å². The van der Waals surface area contributed by atoms with Gasteiger partial charge in [-0.2, -0.15) is 0 Å². The van der Waals surface area contributed by atoms with Gasteiger partial charge in [-0.1, -0.05) is 18.2 Å². The molecular weight excluding hydrogens is 296 g/mol. The number of hydrazine groups is 1. The third-order valence-electron chi connectivity index (χ3n) is 2.74. The summed E-state index contributed by atoms with van der Waals surface area (Å²) in [6, 6.07) is 9.25. The highest BCUT2D eigenvalue weighted by atomic mass is 16.5. The molecule has 0 aliphatic carbocycles. The van der Waals surface area contributed by atoms with Crippen molar-refractivity contribution in [1.29, 1.82) is 0 Å². The lowest BCUT2D eigenvalue weighted by atomic mass is 10.3. The van der Waals surface area contributed by atoms with E-state index >= 15 is 0 Å². The van der Waals surface area contributed by atoms with Crippen molar-refractivity contribution in [3.63, 3.8) is 0 Å². The number of hydrogen-bond acceptors (Lipinski definition) is 7. The van der Waals surface area contributed by atoms with Crippen molar-refractivity contribution in [1.82, 2.24) is 15.4 Å². The predicted molar refractivity (Wildman–Crippen MR) is 88.9 cm³/mol. The van der Waals surface area contributed by atoms with E-state index in [9.17, 15) is 4.79 Å². The normalized spacial score (nSPS) is 10.2. The molecule has 0 unspecified atom stereocenters. The van der Waals surface area contributed by atoms with Crippen molar-refractivity contribution >= 4 is 23.2 Å². The monoisotopic (exact) mass is 316 g/mol. The number of rotatable bonds is 7. The molecular formula is C15H20N6O2. The maximum atomic E-state index is 11.8. The molecule has 122 valence electrons. The van der Waals surface area contributed by atoms with Gasteiger partial charge in [0.2, 0.25) is 0 Å². The summed E-state index contributed by atoms with van der Waals surface area (Å²) < 4.78 is 5.33. The first kappa shape index (κ1) is 16.3. The number of ether oxygens (including phenoxy) is 1. The van der Waals surface area contributed by atoms with Gasteiger partial charge in [-0.3, -0.25) is 15.6 Å². The first-order chi connectivity index (χ1) is 11.1. The van der Waals surface area contributed by atoms with Crippen LogP contribution in [0.4, 0.5) is 17.3 Å². The highest BCUT2D eigenvalue weighted by Gasteiger charge is 2.10. The van der Waals surface area contributed by atoms with Crippen LogP contribution >= 0.6 is 0 Å². The van der Waals surface area contributed by atoms with Crippen LogP contribution in [0.25, 0.3) is 0 Å². The Labute approximate surface area is 134 Å². The molecule has 8 nitrogen and oxygen atoms in total. The lowest BCUT2D eigenvalue weighted by Gasteiger charge is -2.14. The largest absolute Gasteiger partial charge is 0.484 e. The van der Waals surface area contributed by atoms with Crippen molar-refractivity contribution < 1.29 is 9.53 Å². The Morgan fingerprint density at radius 2 is 1.91 bits per heavy atom. The number of nitrogen functional groups attached to an aromatic ring is 1. The van der Waals surface area contributed by atoms with Gasteiger partial charge >= 0.3 is 0 Å². The average Bonchev–Trinajstić information content (AvgIpc) is 2.54. The summed E-state index contributed by atoms with van der Waals surface area (Å²) >= 11 is 0. The maximum Gasteiger partial charge on any atom is 0.276 e. The van der Waals surface area contributed by atoms with E-state index in [0.717, 1.165) is 0 Å². The van der Waals surface area contributed by atoms with E-state index in [0.29, 0.717) is 23.1 Å². The molecule has 0 radical (unpaired) electrons. The smallest absolute Gasteiger partial charge is 0.276 e. The van der Waals surface area contributed by atoms with Crippen LogP contribution in [0.5, 0.6) is 5.75 Å². The third kappa shape index (κ3) is 5.03. The molecule has 0 bridgehead atoms. The van der Waals surface area contributed by atoms with Gasteiger partial charge in [0.05, 0.1) is 0 Å². The van der Waals surface area contributed by atoms with Gasteiger partial charge in [0.15, 0.2) is 18.2 Å². The Balaban J connectivity index is 1.86. The van der Waals surface area contributed by atoms with E-state index in [4.69, 9.17) is 10.5 Å². The second kappa shape index (κ2) is 7.83. The topological polar surface area (TPSA) is 114 Å². The fourth-order valence-corrected chi connectivity index (χ4v) is 1.71. The highest BCUT2D eigenvalue weighted by molar-refractivity contribution is 5.81. The van der Waals surface area contributed by atoms with E-state index < -0.39 is 0 Å². The van der Waals surface area contributed by atoms with E-state index in [1.165, 1.54) is 6.33 Å². The molecule has 0 spiro atoms. The summed E-state index contributed by atoms with van der Waals surface area (Å²) in [7, 11) is 0. The number of aromatic nitrogens is 2. The van der Waals surface area contributed by atoms with E-state index in [-0.39, 0.29) is 18.6 Å². The zero-order valence-corrected chi connectivity index (χ0v) is 13.0. The summed E-state index contributed by atoms with van der Waals surface area (Å²) in [6.45, 7) is 3.81. The Morgan fingerprint density at radius 3 is 2.61 bits per heavy atom. The second-order valence-corrected chi connectivity index (χ2v) is 5.06. The molecule has 1 heterocycles. The molecule has 0 aliphatic heterocycles. The number of benzene rings is 1. The van der Waals surface area contributed by atoms with E-state index in [2.05, 4.69) is 26.1 Å². The number of para-hydroxylation sites is 1. The van der Waals surface area contributed by atoms with Crippen LogP contribution in [0, 0.1) is 0 Å². The number of amides is 1. The average molecular weight is 316 g/mol. The van der Waals surface area contributed by atoms with Crippen molar-refractivity contribution in [3.05, 3.63) is 36.7 Å². The first-order valence-electron chi connectivity index (χ1n) is 7.16. The van der Waals surface area contributed by atoms with Crippen molar-refractivity contribution in [3.8, 4) is 5.75 Å². The zero-order chi connectivity index (χ0) is 16.7. The number of anilines is 3. The summed E-state index contributed by atoms with van der Waals surface area (Å²) in [6.07, 6.45) is 1.36. The minimum atomic E-state index is -0.356. The second-order valence-electron chi connectivity index (χ2n) is 5.06. The van der Waals surface area contributed by atoms with E-state index in [1.807, 2.05) is 32.0 Å². The van der Waals surface area contributed by atoms with Crippen LogP contribution in [-0.2, 0) is 4.79 Å².